The van der Waals surface area contributed by atoms with Crippen molar-refractivity contribution in [3.63, 3.8) is 0 Å². The van der Waals surface area contributed by atoms with Crippen LogP contribution in [0, 0.1) is 21.4 Å². The van der Waals surface area contributed by atoms with Crippen molar-refractivity contribution in [3.05, 3.63) is 98.9 Å². The number of nitro benzene ring substituents is 1. The van der Waals surface area contributed by atoms with Crippen molar-refractivity contribution in [2.75, 3.05) is 18.0 Å². The second kappa shape index (κ2) is 19.9. The fourth-order valence-corrected chi connectivity index (χ4v) is 5.23. The molecule has 0 fully saturated rings. The predicted molar refractivity (Wildman–Crippen MR) is 185 cm³/mol. The minimum absolute atomic E-state index is 0.0435. The first-order valence-corrected chi connectivity index (χ1v) is 16.4. The Bertz CT molecular complexity index is 1360. The molecule has 0 aliphatic heterocycles. The smallest absolute Gasteiger partial charge is 0.287 e. The van der Waals surface area contributed by atoms with Gasteiger partial charge in [-0.3, -0.25) is 15.1 Å². The summed E-state index contributed by atoms with van der Waals surface area (Å²) in [6, 6.07) is 19.2. The van der Waals surface area contributed by atoms with Crippen molar-refractivity contribution in [1.29, 1.82) is 5.26 Å². The van der Waals surface area contributed by atoms with Crippen LogP contribution in [0.25, 0.3) is 24.3 Å². The normalized spacial score (nSPS) is 11.3. The van der Waals surface area contributed by atoms with Crippen LogP contribution in [-0.2, 0) is 0 Å². The topological polar surface area (TPSA) is 83.1 Å². The van der Waals surface area contributed by atoms with Crippen LogP contribution in [0.15, 0.2) is 60.8 Å². The Morgan fingerprint density at radius 3 is 1.84 bits per heavy atom. The number of unbranched alkanes of at least 4 members (excludes halogenated alkanes) is 10. The minimum atomic E-state index is -0.544. The molecule has 232 valence electrons. The second-order valence-corrected chi connectivity index (χ2v) is 11.4. The molecule has 6 nitrogen and oxygen atoms in total. The molecule has 0 amide bonds. The maximum atomic E-state index is 11.0. The molecule has 44 heavy (non-hydrogen) atoms. The number of rotatable bonds is 20. The Morgan fingerprint density at radius 1 is 0.727 bits per heavy atom. The Balaban J connectivity index is 1.56. The number of aromatic nitrogens is 1. The molecule has 0 radical (unpaired) electrons. The van der Waals surface area contributed by atoms with E-state index in [9.17, 15) is 15.4 Å². The first-order chi connectivity index (χ1) is 21.5. The number of anilines is 1. The van der Waals surface area contributed by atoms with Crippen molar-refractivity contribution in [1.82, 2.24) is 4.98 Å². The zero-order chi connectivity index (χ0) is 31.4. The molecule has 0 bridgehead atoms. The molecule has 3 aromatic rings. The maximum Gasteiger partial charge on any atom is 0.287 e. The number of nitro groups is 1. The monoisotopic (exact) mass is 592 g/mol. The SMILES string of the molecule is CCCCCCCCN(CCCCCCCC)c1ccc(C=Cc2ccc(C=Cc3ccc([N+](=O)[O-])c(C#N)c3)nc2)cc1. The first kappa shape index (κ1) is 34.3. The second-order valence-electron chi connectivity index (χ2n) is 11.4. The van der Waals surface area contributed by atoms with E-state index in [1.165, 1.54) is 94.9 Å². The van der Waals surface area contributed by atoms with Gasteiger partial charge in [0, 0.05) is 31.0 Å². The quantitative estimate of drug-likeness (QED) is 0.0740. The molecular formula is C38H48N4O2. The Morgan fingerprint density at radius 2 is 1.27 bits per heavy atom. The Hall–Kier alpha value is -4.24. The van der Waals surface area contributed by atoms with E-state index in [-0.39, 0.29) is 11.3 Å². The van der Waals surface area contributed by atoms with Crippen LogP contribution in [0.3, 0.4) is 0 Å². The Kier molecular flexibility index (Phi) is 15.5. The van der Waals surface area contributed by atoms with Gasteiger partial charge >= 0.3 is 0 Å². The third-order valence-corrected chi connectivity index (χ3v) is 7.88. The summed E-state index contributed by atoms with van der Waals surface area (Å²) in [4.78, 5) is 17.6. The van der Waals surface area contributed by atoms with Gasteiger partial charge in [0.2, 0.25) is 0 Å². The number of pyridine rings is 1. The highest BCUT2D eigenvalue weighted by Gasteiger charge is 2.12. The predicted octanol–water partition coefficient (Wildman–Crippen LogP) is 10.7. The van der Waals surface area contributed by atoms with Gasteiger partial charge in [0.05, 0.1) is 10.6 Å². The van der Waals surface area contributed by atoms with Crippen molar-refractivity contribution in [2.24, 2.45) is 0 Å². The van der Waals surface area contributed by atoms with E-state index in [0.29, 0.717) is 5.56 Å². The average Bonchev–Trinajstić information content (AvgIpc) is 3.05. The van der Waals surface area contributed by atoms with Crippen LogP contribution < -0.4 is 4.90 Å². The molecule has 0 aliphatic rings. The molecule has 0 aliphatic carbocycles. The van der Waals surface area contributed by atoms with Gasteiger partial charge < -0.3 is 4.90 Å². The highest BCUT2D eigenvalue weighted by Crippen LogP contribution is 2.22. The lowest BCUT2D eigenvalue weighted by atomic mass is 10.1. The molecule has 2 aromatic carbocycles. The standard InChI is InChI=1S/C38H48N4O2/c1-3-5-7-9-11-13-27-41(28-14-12-10-8-6-4-2)37-24-19-32(20-25-37)15-16-34-18-23-36(40-31-34)22-17-33-21-26-38(42(43)44)35(29-33)30-39/h15-26,29,31H,3-14,27-28H2,1-2H3. The van der Waals surface area contributed by atoms with E-state index in [1.807, 2.05) is 30.5 Å². The number of benzene rings is 2. The Labute approximate surface area is 264 Å². The third-order valence-electron chi connectivity index (χ3n) is 7.88. The first-order valence-electron chi connectivity index (χ1n) is 16.4. The van der Waals surface area contributed by atoms with Gasteiger partial charge in [-0.2, -0.15) is 5.26 Å². The van der Waals surface area contributed by atoms with Crippen LogP contribution in [0.5, 0.6) is 0 Å². The lowest BCUT2D eigenvalue weighted by Crippen LogP contribution is -2.25. The van der Waals surface area contributed by atoms with E-state index in [2.05, 4.69) is 60.1 Å². The van der Waals surface area contributed by atoms with Crippen molar-refractivity contribution >= 4 is 35.7 Å². The molecule has 0 saturated carbocycles. The molecule has 0 N–H and O–H groups in total. The number of nitriles is 1. The van der Waals surface area contributed by atoms with Gasteiger partial charge in [-0.25, -0.2) is 0 Å². The van der Waals surface area contributed by atoms with E-state index in [4.69, 9.17) is 0 Å². The van der Waals surface area contributed by atoms with Gasteiger partial charge in [0.15, 0.2) is 0 Å². The average molecular weight is 593 g/mol. The van der Waals surface area contributed by atoms with Crippen molar-refractivity contribution in [2.45, 2.75) is 90.9 Å². The number of hydrogen-bond donors (Lipinski definition) is 0. The number of hydrogen-bond acceptors (Lipinski definition) is 5. The molecule has 1 heterocycles. The van der Waals surface area contributed by atoms with E-state index in [0.717, 1.165) is 29.9 Å². The maximum absolute atomic E-state index is 11.0. The van der Waals surface area contributed by atoms with E-state index >= 15 is 0 Å². The van der Waals surface area contributed by atoms with Gasteiger partial charge in [0.25, 0.3) is 5.69 Å². The van der Waals surface area contributed by atoms with Crippen LogP contribution >= 0.6 is 0 Å². The molecule has 0 atom stereocenters. The third kappa shape index (κ3) is 12.2. The van der Waals surface area contributed by atoms with Crippen molar-refractivity contribution in [3.8, 4) is 6.07 Å². The van der Waals surface area contributed by atoms with Crippen LogP contribution in [-0.4, -0.2) is 23.0 Å². The highest BCUT2D eigenvalue weighted by atomic mass is 16.6. The molecule has 0 spiro atoms. The molecule has 1 aromatic heterocycles. The van der Waals surface area contributed by atoms with Gasteiger partial charge in [-0.1, -0.05) is 114 Å². The highest BCUT2D eigenvalue weighted by molar-refractivity contribution is 5.72. The zero-order valence-corrected chi connectivity index (χ0v) is 26.6. The fourth-order valence-electron chi connectivity index (χ4n) is 5.23. The molecule has 6 heteroatoms. The van der Waals surface area contributed by atoms with Crippen LogP contribution in [0.4, 0.5) is 11.4 Å². The summed E-state index contributed by atoms with van der Waals surface area (Å²) < 4.78 is 0. The van der Waals surface area contributed by atoms with E-state index < -0.39 is 4.92 Å². The molecular weight excluding hydrogens is 544 g/mol. The summed E-state index contributed by atoms with van der Waals surface area (Å²) in [5.41, 5.74) is 4.80. The summed E-state index contributed by atoms with van der Waals surface area (Å²) in [7, 11) is 0. The lowest BCUT2D eigenvalue weighted by Gasteiger charge is -2.25. The zero-order valence-electron chi connectivity index (χ0n) is 26.6. The van der Waals surface area contributed by atoms with Gasteiger partial charge in [-0.05, 0) is 65.9 Å². The molecule has 0 unspecified atom stereocenters. The lowest BCUT2D eigenvalue weighted by molar-refractivity contribution is -0.385. The fraction of sp³-hybridized carbons (Fsp3) is 0.421. The largest absolute Gasteiger partial charge is 0.372 e. The summed E-state index contributed by atoms with van der Waals surface area (Å²) in [5.74, 6) is 0. The van der Waals surface area contributed by atoms with Gasteiger partial charge in [-0.15, -0.1) is 0 Å². The summed E-state index contributed by atoms with van der Waals surface area (Å²) >= 11 is 0. The minimum Gasteiger partial charge on any atom is -0.372 e. The summed E-state index contributed by atoms with van der Waals surface area (Å²) in [5, 5.41) is 20.2. The van der Waals surface area contributed by atoms with Crippen LogP contribution in [0.2, 0.25) is 0 Å². The molecule has 0 saturated heterocycles. The summed E-state index contributed by atoms with van der Waals surface area (Å²) in [6.45, 7) is 6.81. The summed E-state index contributed by atoms with van der Waals surface area (Å²) in [6.07, 6.45) is 25.5. The van der Waals surface area contributed by atoms with Crippen LogP contribution in [0.1, 0.15) is 119 Å². The van der Waals surface area contributed by atoms with E-state index in [1.54, 1.807) is 12.1 Å². The van der Waals surface area contributed by atoms with Gasteiger partial charge in [0.1, 0.15) is 11.6 Å². The molecule has 3 rings (SSSR count). The number of nitrogens with zero attached hydrogens (tertiary/aromatic N) is 4. The van der Waals surface area contributed by atoms with Crippen molar-refractivity contribution < 1.29 is 4.92 Å².